The number of hydrogen-bond donors (Lipinski definition) is 2. The van der Waals surface area contributed by atoms with E-state index >= 15 is 0 Å². The highest BCUT2D eigenvalue weighted by Gasteiger charge is 2.05. The van der Waals surface area contributed by atoms with Crippen molar-refractivity contribution in [2.45, 2.75) is 26.8 Å². The van der Waals surface area contributed by atoms with E-state index in [0.29, 0.717) is 37.5 Å². The molecule has 1 aromatic rings. The van der Waals surface area contributed by atoms with Crippen molar-refractivity contribution in [1.29, 1.82) is 0 Å². The number of esters is 1. The second kappa shape index (κ2) is 9.07. The average Bonchev–Trinajstić information content (AvgIpc) is 2.49. The molecule has 0 saturated heterocycles. The summed E-state index contributed by atoms with van der Waals surface area (Å²) in [5.74, 6) is 0.105. The van der Waals surface area contributed by atoms with E-state index < -0.39 is 5.97 Å². The zero-order valence-electron chi connectivity index (χ0n) is 12.8. The van der Waals surface area contributed by atoms with Crippen LogP contribution in [0.2, 0.25) is 0 Å². The Morgan fingerprint density at radius 2 is 2.10 bits per heavy atom. The number of carbonyl (C=O) groups excluding carboxylic acids is 2. The molecule has 2 N–H and O–H groups in total. The van der Waals surface area contributed by atoms with Gasteiger partial charge in [0.25, 0.3) is 0 Å². The lowest BCUT2D eigenvalue weighted by atomic mass is 10.2. The molecule has 0 aromatic carbocycles. The summed E-state index contributed by atoms with van der Waals surface area (Å²) < 4.78 is 4.60. The molecule has 6 nitrogen and oxygen atoms in total. The third-order valence-corrected chi connectivity index (χ3v) is 2.79. The lowest BCUT2D eigenvalue weighted by Crippen LogP contribution is -2.30. The zero-order valence-corrected chi connectivity index (χ0v) is 12.8. The summed E-state index contributed by atoms with van der Waals surface area (Å²) in [4.78, 5) is 26.9. The largest absolute Gasteiger partial charge is 0.465 e. The van der Waals surface area contributed by atoms with E-state index in [1.165, 1.54) is 13.3 Å². The van der Waals surface area contributed by atoms with Crippen LogP contribution in [-0.2, 0) is 16.1 Å². The number of nitrogens with zero attached hydrogens (tertiary/aromatic N) is 1. The van der Waals surface area contributed by atoms with Crippen molar-refractivity contribution in [3.05, 3.63) is 29.6 Å². The fourth-order valence-corrected chi connectivity index (χ4v) is 1.59. The van der Waals surface area contributed by atoms with Gasteiger partial charge in [-0.25, -0.2) is 4.79 Å². The fourth-order valence-electron chi connectivity index (χ4n) is 1.59. The maximum atomic E-state index is 11.5. The van der Waals surface area contributed by atoms with E-state index in [-0.39, 0.29) is 5.91 Å². The van der Waals surface area contributed by atoms with Crippen LogP contribution in [-0.4, -0.2) is 37.1 Å². The number of hydrogen-bond acceptors (Lipinski definition) is 5. The third kappa shape index (κ3) is 6.85. The molecule has 0 aliphatic rings. The highest BCUT2D eigenvalue weighted by molar-refractivity contribution is 5.88. The van der Waals surface area contributed by atoms with Crippen LogP contribution in [0.5, 0.6) is 0 Å². The number of nitrogens with one attached hydrogen (secondary N) is 2. The number of pyridine rings is 1. The van der Waals surface area contributed by atoms with E-state index in [2.05, 4.69) is 34.2 Å². The van der Waals surface area contributed by atoms with Gasteiger partial charge >= 0.3 is 5.97 Å². The summed E-state index contributed by atoms with van der Waals surface area (Å²) in [7, 11) is 1.34. The number of carbonyl (C=O) groups is 2. The Kier molecular flexibility index (Phi) is 7.39. The molecule has 0 aliphatic heterocycles. The van der Waals surface area contributed by atoms with Crippen molar-refractivity contribution in [1.82, 2.24) is 15.6 Å². The van der Waals surface area contributed by atoms with Crippen LogP contribution in [0.3, 0.4) is 0 Å². The molecule has 0 bridgehead atoms. The van der Waals surface area contributed by atoms with Crippen molar-refractivity contribution in [3.63, 3.8) is 0 Å². The highest BCUT2D eigenvalue weighted by atomic mass is 16.5. The lowest BCUT2D eigenvalue weighted by Gasteiger charge is -2.08. The minimum absolute atomic E-state index is 0.0465. The standard InChI is InChI=1S/C15H23N3O3/c1-11(2)8-18-14(19)6-7-16-10-13-5-4-12(9-17-13)15(20)21-3/h4-5,9,11,16H,6-8,10H2,1-3H3,(H,18,19). The predicted molar refractivity (Wildman–Crippen MR) is 79.7 cm³/mol. The Labute approximate surface area is 125 Å². The molecular weight excluding hydrogens is 270 g/mol. The maximum Gasteiger partial charge on any atom is 0.339 e. The van der Waals surface area contributed by atoms with Gasteiger partial charge in [0.1, 0.15) is 0 Å². The normalized spacial score (nSPS) is 10.5. The molecule has 0 aliphatic carbocycles. The topological polar surface area (TPSA) is 80.3 Å². The van der Waals surface area contributed by atoms with Crippen molar-refractivity contribution in [2.75, 3.05) is 20.2 Å². The second-order valence-electron chi connectivity index (χ2n) is 5.15. The van der Waals surface area contributed by atoms with Gasteiger partial charge in [0, 0.05) is 32.3 Å². The fraction of sp³-hybridized carbons (Fsp3) is 0.533. The molecule has 0 atom stereocenters. The number of rotatable bonds is 8. The van der Waals surface area contributed by atoms with Gasteiger partial charge in [-0.15, -0.1) is 0 Å². The summed E-state index contributed by atoms with van der Waals surface area (Å²) in [5.41, 5.74) is 1.24. The number of aromatic nitrogens is 1. The van der Waals surface area contributed by atoms with Crippen molar-refractivity contribution in [2.24, 2.45) is 5.92 Å². The lowest BCUT2D eigenvalue weighted by molar-refractivity contribution is -0.121. The summed E-state index contributed by atoms with van der Waals surface area (Å²) in [6.45, 7) is 5.96. The summed E-state index contributed by atoms with van der Waals surface area (Å²) in [6.07, 6.45) is 1.92. The second-order valence-corrected chi connectivity index (χ2v) is 5.15. The molecule has 116 valence electrons. The molecule has 0 spiro atoms. The average molecular weight is 293 g/mol. The molecular formula is C15H23N3O3. The summed E-state index contributed by atoms with van der Waals surface area (Å²) >= 11 is 0. The van der Waals surface area contributed by atoms with Gasteiger partial charge in [0.05, 0.1) is 18.4 Å². The van der Waals surface area contributed by atoms with Crippen LogP contribution in [0.25, 0.3) is 0 Å². The molecule has 0 radical (unpaired) electrons. The minimum Gasteiger partial charge on any atom is -0.465 e. The van der Waals surface area contributed by atoms with E-state index in [4.69, 9.17) is 0 Å². The first-order chi connectivity index (χ1) is 10.0. The first kappa shape index (κ1) is 17.1. The quantitative estimate of drug-likeness (QED) is 0.554. The molecule has 0 unspecified atom stereocenters. The molecule has 6 heteroatoms. The van der Waals surface area contributed by atoms with Gasteiger partial charge in [-0.1, -0.05) is 13.8 Å². The van der Waals surface area contributed by atoms with Gasteiger partial charge in [0.2, 0.25) is 5.91 Å². The molecule has 1 rings (SSSR count). The molecule has 1 heterocycles. The van der Waals surface area contributed by atoms with Crippen LogP contribution in [0.15, 0.2) is 18.3 Å². The Balaban J connectivity index is 2.23. The van der Waals surface area contributed by atoms with Crippen LogP contribution < -0.4 is 10.6 Å². The Morgan fingerprint density at radius 1 is 1.33 bits per heavy atom. The molecule has 1 amide bonds. The number of amides is 1. The van der Waals surface area contributed by atoms with Crippen LogP contribution in [0.1, 0.15) is 36.3 Å². The molecule has 1 aromatic heterocycles. The number of ether oxygens (including phenoxy) is 1. The Hall–Kier alpha value is -1.95. The SMILES string of the molecule is COC(=O)c1ccc(CNCCC(=O)NCC(C)C)nc1. The first-order valence-corrected chi connectivity index (χ1v) is 7.03. The molecule has 0 saturated carbocycles. The van der Waals surface area contributed by atoms with Crippen LogP contribution in [0, 0.1) is 5.92 Å². The predicted octanol–water partition coefficient (Wildman–Crippen LogP) is 1.12. The van der Waals surface area contributed by atoms with Gasteiger partial charge in [-0.05, 0) is 18.1 Å². The smallest absolute Gasteiger partial charge is 0.339 e. The van der Waals surface area contributed by atoms with E-state index in [1.54, 1.807) is 12.1 Å². The Bertz CT molecular complexity index is 458. The first-order valence-electron chi connectivity index (χ1n) is 7.03. The number of methoxy groups -OCH3 is 1. The third-order valence-electron chi connectivity index (χ3n) is 2.79. The van der Waals surface area contributed by atoms with Gasteiger partial charge in [0.15, 0.2) is 0 Å². The zero-order chi connectivity index (χ0) is 15.7. The molecule has 21 heavy (non-hydrogen) atoms. The molecule has 0 fully saturated rings. The monoisotopic (exact) mass is 293 g/mol. The van der Waals surface area contributed by atoms with Crippen LogP contribution >= 0.6 is 0 Å². The van der Waals surface area contributed by atoms with Gasteiger partial charge < -0.3 is 15.4 Å². The summed E-state index contributed by atoms with van der Waals surface area (Å²) in [5, 5.41) is 6.00. The van der Waals surface area contributed by atoms with Gasteiger partial charge in [-0.2, -0.15) is 0 Å². The maximum absolute atomic E-state index is 11.5. The van der Waals surface area contributed by atoms with E-state index in [9.17, 15) is 9.59 Å². The Morgan fingerprint density at radius 3 is 2.67 bits per heavy atom. The van der Waals surface area contributed by atoms with Crippen LogP contribution in [0.4, 0.5) is 0 Å². The van der Waals surface area contributed by atoms with Crippen molar-refractivity contribution >= 4 is 11.9 Å². The van der Waals surface area contributed by atoms with E-state index in [0.717, 1.165) is 5.69 Å². The summed E-state index contributed by atoms with van der Waals surface area (Å²) in [6, 6.07) is 3.43. The minimum atomic E-state index is -0.399. The van der Waals surface area contributed by atoms with Crippen molar-refractivity contribution < 1.29 is 14.3 Å². The van der Waals surface area contributed by atoms with Gasteiger partial charge in [-0.3, -0.25) is 9.78 Å². The van der Waals surface area contributed by atoms with Crippen molar-refractivity contribution in [3.8, 4) is 0 Å². The van der Waals surface area contributed by atoms with E-state index in [1.807, 2.05) is 0 Å². The highest BCUT2D eigenvalue weighted by Crippen LogP contribution is 2.01.